The van der Waals surface area contributed by atoms with Gasteiger partial charge in [-0.2, -0.15) is 5.10 Å². The minimum absolute atomic E-state index is 0.0209. The molecule has 0 saturated carbocycles. The highest BCUT2D eigenvalue weighted by atomic mass is 16.1. The Kier molecular flexibility index (Phi) is 4.23. The summed E-state index contributed by atoms with van der Waals surface area (Å²) < 4.78 is 1.82. The topological polar surface area (TPSA) is 46.9 Å². The minimum atomic E-state index is -0.0738. The lowest BCUT2D eigenvalue weighted by molar-refractivity contribution is 0.0939. The minimum Gasteiger partial charge on any atom is -0.345 e. The molecule has 0 saturated heterocycles. The fraction of sp³-hybridized carbons (Fsp3) is 0.375. The fourth-order valence-electron chi connectivity index (χ4n) is 2.20. The highest BCUT2D eigenvalue weighted by Gasteiger charge is 2.16. The van der Waals surface area contributed by atoms with Crippen molar-refractivity contribution < 1.29 is 4.79 Å². The van der Waals surface area contributed by atoms with Gasteiger partial charge in [0.05, 0.1) is 17.8 Å². The Hall–Kier alpha value is -2.10. The SMILES string of the molecule is CCn1ncc(C(=O)NC(C)c2ccc(C)cc2)c1C. The molecule has 106 valence electrons. The second-order valence-corrected chi connectivity index (χ2v) is 5.07. The number of benzene rings is 1. The molecule has 2 rings (SSSR count). The first-order chi connectivity index (χ1) is 9.52. The van der Waals surface area contributed by atoms with E-state index >= 15 is 0 Å². The summed E-state index contributed by atoms with van der Waals surface area (Å²) in [5.41, 5.74) is 3.86. The monoisotopic (exact) mass is 271 g/mol. The Morgan fingerprint density at radius 3 is 2.50 bits per heavy atom. The predicted molar refractivity (Wildman–Crippen MR) is 79.7 cm³/mol. The van der Waals surface area contributed by atoms with Gasteiger partial charge in [0.2, 0.25) is 0 Å². The zero-order valence-corrected chi connectivity index (χ0v) is 12.5. The van der Waals surface area contributed by atoms with Crippen molar-refractivity contribution in [3.8, 4) is 0 Å². The third kappa shape index (κ3) is 2.90. The van der Waals surface area contributed by atoms with Crippen LogP contribution in [0.25, 0.3) is 0 Å². The summed E-state index contributed by atoms with van der Waals surface area (Å²) in [4.78, 5) is 12.3. The van der Waals surface area contributed by atoms with Crippen LogP contribution in [0.2, 0.25) is 0 Å². The number of amides is 1. The maximum absolute atomic E-state index is 12.3. The number of hydrogen-bond donors (Lipinski definition) is 1. The quantitative estimate of drug-likeness (QED) is 0.929. The zero-order valence-electron chi connectivity index (χ0n) is 12.5. The van der Waals surface area contributed by atoms with Crippen molar-refractivity contribution in [2.24, 2.45) is 0 Å². The van der Waals surface area contributed by atoms with Gasteiger partial charge in [0.1, 0.15) is 0 Å². The van der Waals surface area contributed by atoms with Gasteiger partial charge >= 0.3 is 0 Å². The molecule has 1 amide bonds. The second-order valence-electron chi connectivity index (χ2n) is 5.07. The normalized spacial score (nSPS) is 12.2. The van der Waals surface area contributed by atoms with E-state index in [1.165, 1.54) is 5.56 Å². The van der Waals surface area contributed by atoms with Gasteiger partial charge < -0.3 is 5.32 Å². The molecule has 0 aliphatic rings. The first-order valence-electron chi connectivity index (χ1n) is 6.92. The van der Waals surface area contributed by atoms with E-state index in [9.17, 15) is 4.79 Å². The number of nitrogens with zero attached hydrogens (tertiary/aromatic N) is 2. The smallest absolute Gasteiger partial charge is 0.255 e. The van der Waals surface area contributed by atoms with E-state index < -0.39 is 0 Å². The standard InChI is InChI=1S/C16H21N3O/c1-5-19-13(4)15(10-17-19)16(20)18-12(3)14-8-6-11(2)7-9-14/h6-10,12H,5H2,1-4H3,(H,18,20). The van der Waals surface area contributed by atoms with Gasteiger partial charge in [0.15, 0.2) is 0 Å². The molecule has 1 aromatic heterocycles. The average Bonchev–Trinajstić information content (AvgIpc) is 2.80. The molecule has 1 atom stereocenters. The molecule has 0 fully saturated rings. The van der Waals surface area contributed by atoms with E-state index in [0.717, 1.165) is 17.8 Å². The van der Waals surface area contributed by atoms with Gasteiger partial charge in [-0.1, -0.05) is 29.8 Å². The molecule has 1 N–H and O–H groups in total. The Morgan fingerprint density at radius 1 is 1.30 bits per heavy atom. The van der Waals surface area contributed by atoms with Gasteiger partial charge in [-0.3, -0.25) is 9.48 Å². The molecule has 2 aromatic rings. The van der Waals surface area contributed by atoms with Gasteiger partial charge in [-0.15, -0.1) is 0 Å². The van der Waals surface area contributed by atoms with E-state index in [-0.39, 0.29) is 11.9 Å². The van der Waals surface area contributed by atoms with Gasteiger partial charge in [-0.05, 0) is 33.3 Å². The highest BCUT2D eigenvalue weighted by molar-refractivity contribution is 5.95. The molecule has 1 heterocycles. The van der Waals surface area contributed by atoms with Gasteiger partial charge in [0.25, 0.3) is 5.91 Å². The molecule has 0 spiro atoms. The molecular formula is C16H21N3O. The summed E-state index contributed by atoms with van der Waals surface area (Å²) >= 11 is 0. The molecule has 4 nitrogen and oxygen atoms in total. The Bertz CT molecular complexity index is 599. The molecule has 0 aliphatic carbocycles. The molecule has 20 heavy (non-hydrogen) atoms. The van der Waals surface area contributed by atoms with Crippen LogP contribution in [0.1, 0.15) is 47.1 Å². The van der Waals surface area contributed by atoms with Gasteiger partial charge in [0, 0.05) is 12.2 Å². The first kappa shape index (κ1) is 14.3. The summed E-state index contributed by atoms with van der Waals surface area (Å²) in [7, 11) is 0. The number of carbonyl (C=O) groups excluding carboxylic acids is 1. The van der Waals surface area contributed by atoms with Crippen molar-refractivity contribution in [1.29, 1.82) is 0 Å². The van der Waals surface area contributed by atoms with Crippen molar-refractivity contribution >= 4 is 5.91 Å². The molecular weight excluding hydrogens is 250 g/mol. The molecule has 0 bridgehead atoms. The van der Waals surface area contributed by atoms with Crippen molar-refractivity contribution in [2.75, 3.05) is 0 Å². The van der Waals surface area contributed by atoms with Crippen LogP contribution in [0.4, 0.5) is 0 Å². The Balaban J connectivity index is 2.10. The number of hydrogen-bond acceptors (Lipinski definition) is 2. The average molecular weight is 271 g/mol. The summed E-state index contributed by atoms with van der Waals surface area (Å²) in [6, 6.07) is 8.18. The Labute approximate surface area is 119 Å². The largest absolute Gasteiger partial charge is 0.345 e. The molecule has 0 aliphatic heterocycles. The van der Waals surface area contributed by atoms with Crippen molar-refractivity contribution in [3.05, 3.63) is 52.8 Å². The van der Waals surface area contributed by atoms with Crippen LogP contribution in [0, 0.1) is 13.8 Å². The van der Waals surface area contributed by atoms with E-state index in [4.69, 9.17) is 0 Å². The summed E-state index contributed by atoms with van der Waals surface area (Å²) in [6.45, 7) is 8.74. The van der Waals surface area contributed by atoms with Crippen LogP contribution >= 0.6 is 0 Å². The highest BCUT2D eigenvalue weighted by Crippen LogP contribution is 2.15. The van der Waals surface area contributed by atoms with Crippen LogP contribution < -0.4 is 5.32 Å². The first-order valence-corrected chi connectivity index (χ1v) is 6.92. The lowest BCUT2D eigenvalue weighted by atomic mass is 10.1. The summed E-state index contributed by atoms with van der Waals surface area (Å²) in [6.07, 6.45) is 1.63. The van der Waals surface area contributed by atoms with Crippen LogP contribution in [0.3, 0.4) is 0 Å². The third-order valence-electron chi connectivity index (χ3n) is 3.57. The number of rotatable bonds is 4. The predicted octanol–water partition coefficient (Wildman–Crippen LogP) is 3.01. The molecule has 0 radical (unpaired) electrons. The van der Waals surface area contributed by atoms with Crippen LogP contribution in [-0.4, -0.2) is 15.7 Å². The van der Waals surface area contributed by atoms with E-state index in [0.29, 0.717) is 5.56 Å². The zero-order chi connectivity index (χ0) is 14.7. The number of carbonyl (C=O) groups is 1. The molecule has 1 unspecified atom stereocenters. The second kappa shape index (κ2) is 5.90. The number of aromatic nitrogens is 2. The maximum atomic E-state index is 12.3. The van der Waals surface area contributed by atoms with E-state index in [1.807, 2.05) is 37.6 Å². The number of aryl methyl sites for hydroxylation is 2. The van der Waals surface area contributed by atoms with Crippen molar-refractivity contribution in [3.63, 3.8) is 0 Å². The van der Waals surface area contributed by atoms with Gasteiger partial charge in [-0.25, -0.2) is 0 Å². The fourth-order valence-corrected chi connectivity index (χ4v) is 2.20. The van der Waals surface area contributed by atoms with Crippen LogP contribution in [0.5, 0.6) is 0 Å². The summed E-state index contributed by atoms with van der Waals surface area (Å²) in [5, 5.41) is 7.22. The van der Waals surface area contributed by atoms with Crippen molar-refractivity contribution in [2.45, 2.75) is 40.3 Å². The van der Waals surface area contributed by atoms with Crippen LogP contribution in [0.15, 0.2) is 30.5 Å². The van der Waals surface area contributed by atoms with Crippen LogP contribution in [-0.2, 0) is 6.54 Å². The maximum Gasteiger partial charge on any atom is 0.255 e. The lowest BCUT2D eigenvalue weighted by Crippen LogP contribution is -2.27. The molecule has 4 heteroatoms. The Morgan fingerprint density at radius 2 is 1.95 bits per heavy atom. The summed E-state index contributed by atoms with van der Waals surface area (Å²) in [5.74, 6) is -0.0738. The van der Waals surface area contributed by atoms with Crippen molar-refractivity contribution in [1.82, 2.24) is 15.1 Å². The van der Waals surface area contributed by atoms with E-state index in [1.54, 1.807) is 6.20 Å². The van der Waals surface area contributed by atoms with E-state index in [2.05, 4.69) is 29.5 Å². The molecule has 1 aromatic carbocycles. The lowest BCUT2D eigenvalue weighted by Gasteiger charge is -2.14. The number of nitrogens with one attached hydrogen (secondary N) is 1. The third-order valence-corrected chi connectivity index (χ3v) is 3.57.